The molecule has 1 aliphatic heterocycles. The van der Waals surface area contributed by atoms with Gasteiger partial charge in [-0.25, -0.2) is 0 Å². The molecule has 0 spiro atoms. The number of aliphatic hydroxyl groups is 2. The Morgan fingerprint density at radius 3 is 2.83 bits per heavy atom. The van der Waals surface area contributed by atoms with Crippen LogP contribution in [-0.2, 0) is 6.54 Å². The molecule has 1 saturated heterocycles. The Morgan fingerprint density at radius 1 is 1.33 bits per heavy atom. The van der Waals surface area contributed by atoms with Gasteiger partial charge in [0.1, 0.15) is 0 Å². The normalized spacial score (nSPS) is 25.3. The first-order valence-electron chi connectivity index (χ1n) is 6.06. The third kappa shape index (κ3) is 3.16. The molecule has 1 aliphatic rings. The zero-order valence-corrected chi connectivity index (χ0v) is 11.5. The van der Waals surface area contributed by atoms with Gasteiger partial charge in [0.2, 0.25) is 0 Å². The number of piperidine rings is 1. The molecule has 2 rings (SSSR count). The number of hydrogen-bond acceptors (Lipinski definition) is 3. The lowest BCUT2D eigenvalue weighted by Crippen LogP contribution is -2.44. The fourth-order valence-corrected chi connectivity index (χ4v) is 2.71. The minimum Gasteiger partial charge on any atom is -0.396 e. The van der Waals surface area contributed by atoms with Gasteiger partial charge in [0, 0.05) is 32.2 Å². The number of halogens is 2. The molecular formula is C13H17Cl2NO2. The van der Waals surface area contributed by atoms with E-state index in [9.17, 15) is 10.2 Å². The molecule has 1 aromatic carbocycles. The molecule has 1 fully saturated rings. The highest BCUT2D eigenvalue weighted by Gasteiger charge is 2.27. The summed E-state index contributed by atoms with van der Waals surface area (Å²) in [5.41, 5.74) is 0.984. The van der Waals surface area contributed by atoms with Gasteiger partial charge in [-0.3, -0.25) is 4.90 Å². The highest BCUT2D eigenvalue weighted by molar-refractivity contribution is 6.42. The summed E-state index contributed by atoms with van der Waals surface area (Å²) in [4.78, 5) is 2.19. The highest BCUT2D eigenvalue weighted by Crippen LogP contribution is 2.27. The van der Waals surface area contributed by atoms with E-state index < -0.39 is 6.10 Å². The second-order valence-corrected chi connectivity index (χ2v) is 5.53. The van der Waals surface area contributed by atoms with E-state index in [-0.39, 0.29) is 12.5 Å². The maximum atomic E-state index is 9.72. The van der Waals surface area contributed by atoms with Crippen LogP contribution in [0.1, 0.15) is 12.0 Å². The van der Waals surface area contributed by atoms with Crippen molar-refractivity contribution in [2.45, 2.75) is 19.1 Å². The zero-order valence-electron chi connectivity index (χ0n) is 10.0. The molecule has 18 heavy (non-hydrogen) atoms. The smallest absolute Gasteiger partial charge is 0.0637 e. The second kappa shape index (κ2) is 6.22. The van der Waals surface area contributed by atoms with E-state index >= 15 is 0 Å². The molecule has 100 valence electrons. The lowest BCUT2D eigenvalue weighted by atomic mass is 9.95. The van der Waals surface area contributed by atoms with Crippen molar-refractivity contribution in [1.29, 1.82) is 0 Å². The number of benzene rings is 1. The Hall–Kier alpha value is -0.320. The average Bonchev–Trinajstić information content (AvgIpc) is 2.37. The Kier molecular flexibility index (Phi) is 4.87. The lowest BCUT2D eigenvalue weighted by Gasteiger charge is -2.35. The Bertz CT molecular complexity index is 414. The third-order valence-electron chi connectivity index (χ3n) is 3.44. The molecule has 1 aromatic rings. The third-order valence-corrected chi connectivity index (χ3v) is 4.30. The summed E-state index contributed by atoms with van der Waals surface area (Å²) in [6.07, 6.45) is 0.282. The number of rotatable bonds is 3. The lowest BCUT2D eigenvalue weighted by molar-refractivity contribution is -0.00199. The molecule has 1 heterocycles. The van der Waals surface area contributed by atoms with Gasteiger partial charge in [0.05, 0.1) is 16.1 Å². The fourth-order valence-electron chi connectivity index (χ4n) is 2.33. The molecule has 0 amide bonds. The van der Waals surface area contributed by atoms with E-state index in [1.807, 2.05) is 12.1 Å². The summed E-state index contributed by atoms with van der Waals surface area (Å²) in [5, 5.41) is 20.1. The second-order valence-electron chi connectivity index (χ2n) is 4.75. The fraction of sp³-hybridized carbons (Fsp3) is 0.538. The van der Waals surface area contributed by atoms with E-state index in [4.69, 9.17) is 23.2 Å². The highest BCUT2D eigenvalue weighted by atomic mass is 35.5. The minimum absolute atomic E-state index is 0.0148. The predicted octanol–water partition coefficient (Wildman–Crippen LogP) is 2.17. The van der Waals surface area contributed by atoms with Crippen molar-refractivity contribution in [3.8, 4) is 0 Å². The Labute approximate surface area is 117 Å². The SMILES string of the molecule is OC[C@H]1CN(Cc2cccc(Cl)c2Cl)CC[C@H]1O. The quantitative estimate of drug-likeness (QED) is 0.896. The first kappa shape index (κ1) is 14.1. The summed E-state index contributed by atoms with van der Waals surface area (Å²) >= 11 is 12.1. The first-order chi connectivity index (χ1) is 8.61. The maximum Gasteiger partial charge on any atom is 0.0637 e. The zero-order chi connectivity index (χ0) is 13.1. The van der Waals surface area contributed by atoms with Gasteiger partial charge in [-0.15, -0.1) is 0 Å². The van der Waals surface area contributed by atoms with Crippen molar-refractivity contribution in [2.75, 3.05) is 19.7 Å². The molecule has 2 N–H and O–H groups in total. The van der Waals surface area contributed by atoms with Gasteiger partial charge in [0.25, 0.3) is 0 Å². The van der Waals surface area contributed by atoms with E-state index in [2.05, 4.69) is 4.90 Å². The molecule has 0 unspecified atom stereocenters. The van der Waals surface area contributed by atoms with Crippen LogP contribution in [0.3, 0.4) is 0 Å². The number of aliphatic hydroxyl groups excluding tert-OH is 2. The van der Waals surface area contributed by atoms with Gasteiger partial charge in [-0.1, -0.05) is 35.3 Å². The summed E-state index contributed by atoms with van der Waals surface area (Å²) in [6.45, 7) is 2.20. The van der Waals surface area contributed by atoms with Gasteiger partial charge in [0.15, 0.2) is 0 Å². The summed E-state index contributed by atoms with van der Waals surface area (Å²) < 4.78 is 0. The Balaban J connectivity index is 2.03. The minimum atomic E-state index is -0.402. The van der Waals surface area contributed by atoms with E-state index in [0.717, 1.165) is 12.1 Å². The van der Waals surface area contributed by atoms with Crippen LogP contribution in [0.25, 0.3) is 0 Å². The Morgan fingerprint density at radius 2 is 2.11 bits per heavy atom. The number of nitrogens with zero attached hydrogens (tertiary/aromatic N) is 1. The molecule has 0 aromatic heterocycles. The van der Waals surface area contributed by atoms with Crippen LogP contribution in [-0.4, -0.2) is 40.9 Å². The van der Waals surface area contributed by atoms with Crippen LogP contribution in [0, 0.1) is 5.92 Å². The summed E-state index contributed by atoms with van der Waals surface area (Å²) in [7, 11) is 0. The van der Waals surface area contributed by atoms with Crippen molar-refractivity contribution >= 4 is 23.2 Å². The van der Waals surface area contributed by atoms with Crippen LogP contribution in [0.4, 0.5) is 0 Å². The number of hydrogen-bond donors (Lipinski definition) is 2. The van der Waals surface area contributed by atoms with E-state index in [1.165, 1.54) is 0 Å². The first-order valence-corrected chi connectivity index (χ1v) is 6.81. The molecule has 0 saturated carbocycles. The van der Waals surface area contributed by atoms with Crippen molar-refractivity contribution in [3.05, 3.63) is 33.8 Å². The molecule has 0 aliphatic carbocycles. The van der Waals surface area contributed by atoms with Crippen LogP contribution in [0.15, 0.2) is 18.2 Å². The maximum absolute atomic E-state index is 9.72. The summed E-state index contributed by atoms with van der Waals surface area (Å²) in [6, 6.07) is 5.60. The van der Waals surface area contributed by atoms with Crippen LogP contribution in [0.2, 0.25) is 10.0 Å². The molecule has 0 radical (unpaired) electrons. The molecule has 5 heteroatoms. The molecule has 3 nitrogen and oxygen atoms in total. The van der Waals surface area contributed by atoms with Crippen LogP contribution < -0.4 is 0 Å². The average molecular weight is 290 g/mol. The van der Waals surface area contributed by atoms with Gasteiger partial charge in [-0.05, 0) is 18.1 Å². The van der Waals surface area contributed by atoms with Crippen LogP contribution in [0.5, 0.6) is 0 Å². The van der Waals surface area contributed by atoms with Crippen LogP contribution >= 0.6 is 23.2 Å². The summed E-state index contributed by atoms with van der Waals surface area (Å²) in [5.74, 6) is -0.0725. The monoisotopic (exact) mass is 289 g/mol. The van der Waals surface area contributed by atoms with Crippen molar-refractivity contribution in [1.82, 2.24) is 4.90 Å². The van der Waals surface area contributed by atoms with Crippen molar-refractivity contribution in [3.63, 3.8) is 0 Å². The topological polar surface area (TPSA) is 43.7 Å². The molecule has 0 bridgehead atoms. The van der Waals surface area contributed by atoms with E-state index in [0.29, 0.717) is 29.6 Å². The largest absolute Gasteiger partial charge is 0.396 e. The predicted molar refractivity (Wildman–Crippen MR) is 72.9 cm³/mol. The standard InChI is InChI=1S/C13H17Cl2NO2/c14-11-3-1-2-9(13(11)15)6-16-5-4-12(18)10(7-16)8-17/h1-3,10,12,17-18H,4-8H2/t10-,12-/m1/s1. The van der Waals surface area contributed by atoms with Crippen molar-refractivity contribution < 1.29 is 10.2 Å². The van der Waals surface area contributed by atoms with Crippen molar-refractivity contribution in [2.24, 2.45) is 5.92 Å². The van der Waals surface area contributed by atoms with Gasteiger partial charge >= 0.3 is 0 Å². The van der Waals surface area contributed by atoms with Gasteiger partial charge < -0.3 is 10.2 Å². The number of likely N-dealkylation sites (tertiary alicyclic amines) is 1. The van der Waals surface area contributed by atoms with Gasteiger partial charge in [-0.2, -0.15) is 0 Å². The van der Waals surface area contributed by atoms with E-state index in [1.54, 1.807) is 6.07 Å². The molecular weight excluding hydrogens is 273 g/mol. The molecule has 2 atom stereocenters.